The lowest BCUT2D eigenvalue weighted by Gasteiger charge is -2.12. The number of hydrogen-bond acceptors (Lipinski definition) is 6. The first-order valence-corrected chi connectivity index (χ1v) is 12.3. The van der Waals surface area contributed by atoms with Crippen LogP contribution in [-0.2, 0) is 13.0 Å². The van der Waals surface area contributed by atoms with Crippen molar-refractivity contribution in [3.05, 3.63) is 65.5 Å². The van der Waals surface area contributed by atoms with E-state index in [-0.39, 0.29) is 24.3 Å². The lowest BCUT2D eigenvalue weighted by atomic mass is 10.1. The molecular formula is C26H27F3N6O3. The molecule has 1 amide bonds. The number of imidazole rings is 1. The van der Waals surface area contributed by atoms with Gasteiger partial charge in [-0.3, -0.25) is 9.89 Å². The van der Waals surface area contributed by atoms with Crippen LogP contribution in [0, 0.1) is 0 Å². The number of benzene rings is 2. The number of aromatic nitrogens is 4. The summed E-state index contributed by atoms with van der Waals surface area (Å²) < 4.78 is 48.4. The Morgan fingerprint density at radius 1 is 1.13 bits per heavy atom. The van der Waals surface area contributed by atoms with Crippen molar-refractivity contribution in [2.45, 2.75) is 51.1 Å². The fourth-order valence-electron chi connectivity index (χ4n) is 4.70. The summed E-state index contributed by atoms with van der Waals surface area (Å²) in [6.07, 6.45) is 1.55. The highest BCUT2D eigenvalue weighted by atomic mass is 19.4. The molecule has 1 fully saturated rings. The van der Waals surface area contributed by atoms with Gasteiger partial charge >= 0.3 is 6.36 Å². The zero-order chi connectivity index (χ0) is 26.7. The Bertz CT molecular complexity index is 1410. The predicted octanol–water partition coefficient (Wildman–Crippen LogP) is 4.58. The average Bonchev–Trinajstić information content (AvgIpc) is 3.61. The number of amides is 1. The van der Waals surface area contributed by atoms with Gasteiger partial charge in [0.15, 0.2) is 0 Å². The van der Waals surface area contributed by atoms with Gasteiger partial charge in [0.25, 0.3) is 5.91 Å². The number of nitrogens with two attached hydrogens (primary N) is 1. The number of ether oxygens (including phenoxy) is 2. The summed E-state index contributed by atoms with van der Waals surface area (Å²) in [5.74, 6) is 0.267. The van der Waals surface area contributed by atoms with E-state index in [0.717, 1.165) is 42.5 Å². The van der Waals surface area contributed by atoms with Crippen LogP contribution in [0.25, 0.3) is 11.0 Å². The van der Waals surface area contributed by atoms with Gasteiger partial charge in [-0.05, 0) is 54.8 Å². The molecule has 200 valence electrons. The maximum Gasteiger partial charge on any atom is 0.573 e. The van der Waals surface area contributed by atoms with Gasteiger partial charge in [-0.2, -0.15) is 5.10 Å². The maximum absolute atomic E-state index is 12.8. The number of rotatable bonds is 9. The number of nitrogen functional groups attached to an aromatic ring is 1. The van der Waals surface area contributed by atoms with Crippen molar-refractivity contribution >= 4 is 22.9 Å². The van der Waals surface area contributed by atoms with E-state index >= 15 is 0 Å². The van der Waals surface area contributed by atoms with Crippen molar-refractivity contribution in [2.24, 2.45) is 0 Å². The third-order valence-corrected chi connectivity index (χ3v) is 6.52. The highest BCUT2D eigenvalue weighted by Crippen LogP contribution is 2.26. The molecule has 12 heteroatoms. The van der Waals surface area contributed by atoms with Crippen molar-refractivity contribution in [3.63, 3.8) is 0 Å². The first kappa shape index (κ1) is 25.4. The number of alkyl halides is 3. The number of nitrogens with zero attached hydrogens (tertiary/aromatic N) is 3. The van der Waals surface area contributed by atoms with E-state index in [9.17, 15) is 18.0 Å². The largest absolute Gasteiger partial charge is 0.573 e. The van der Waals surface area contributed by atoms with E-state index in [1.807, 2.05) is 18.2 Å². The Morgan fingerprint density at radius 3 is 2.61 bits per heavy atom. The lowest BCUT2D eigenvalue weighted by Crippen LogP contribution is -2.32. The molecule has 0 bridgehead atoms. The molecular weight excluding hydrogens is 501 g/mol. The molecule has 0 radical (unpaired) electrons. The molecule has 1 aliphatic carbocycles. The van der Waals surface area contributed by atoms with Crippen LogP contribution in [0.4, 0.5) is 19.1 Å². The minimum Gasteiger partial charge on any atom is -0.492 e. The Kier molecular flexibility index (Phi) is 7.12. The van der Waals surface area contributed by atoms with Crippen molar-refractivity contribution in [1.82, 2.24) is 25.1 Å². The Labute approximate surface area is 216 Å². The lowest BCUT2D eigenvalue weighted by molar-refractivity contribution is -0.274. The SMILES string of the molecule is Nc1nc2ccc(Cc3[nH]ncc3C(=O)NC3CCCC3)cc2n1CCOc1ccc(OC(F)(F)F)cc1. The molecule has 2 heterocycles. The number of aromatic amines is 1. The van der Waals surface area contributed by atoms with Gasteiger partial charge in [-0.15, -0.1) is 13.2 Å². The summed E-state index contributed by atoms with van der Waals surface area (Å²) in [6, 6.07) is 11.2. The molecule has 2 aromatic carbocycles. The van der Waals surface area contributed by atoms with E-state index in [4.69, 9.17) is 10.5 Å². The van der Waals surface area contributed by atoms with Gasteiger partial charge in [0.05, 0.1) is 35.0 Å². The summed E-state index contributed by atoms with van der Waals surface area (Å²) in [4.78, 5) is 17.2. The number of nitrogens with one attached hydrogen (secondary N) is 2. The molecule has 0 atom stereocenters. The summed E-state index contributed by atoms with van der Waals surface area (Å²) in [6.45, 7) is 0.580. The quantitative estimate of drug-likeness (QED) is 0.293. The molecule has 4 N–H and O–H groups in total. The van der Waals surface area contributed by atoms with Gasteiger partial charge in [0.2, 0.25) is 5.95 Å². The molecule has 2 aromatic heterocycles. The van der Waals surface area contributed by atoms with Crippen molar-refractivity contribution in [1.29, 1.82) is 0 Å². The highest BCUT2D eigenvalue weighted by molar-refractivity contribution is 5.95. The third kappa shape index (κ3) is 6.01. The van der Waals surface area contributed by atoms with Crippen molar-refractivity contribution in [2.75, 3.05) is 12.3 Å². The summed E-state index contributed by atoms with van der Waals surface area (Å²) >= 11 is 0. The third-order valence-electron chi connectivity index (χ3n) is 6.52. The van der Waals surface area contributed by atoms with Gasteiger partial charge in [-0.25, -0.2) is 4.98 Å². The van der Waals surface area contributed by atoms with Crippen molar-refractivity contribution < 1.29 is 27.4 Å². The standard InChI is InChI=1S/C26H27F3N6O3/c27-26(28,29)38-19-8-6-18(7-9-19)37-12-11-35-23-14-16(5-10-21(23)33-25(35)30)13-22-20(15-31-34-22)24(36)32-17-3-1-2-4-17/h5-10,14-15,17H,1-4,11-13H2,(H2,30,33)(H,31,34)(H,32,36). The second kappa shape index (κ2) is 10.6. The number of anilines is 1. The molecule has 0 spiro atoms. The zero-order valence-corrected chi connectivity index (χ0v) is 20.4. The molecule has 4 aromatic rings. The number of H-pyrrole nitrogens is 1. The smallest absolute Gasteiger partial charge is 0.492 e. The predicted molar refractivity (Wildman–Crippen MR) is 134 cm³/mol. The average molecular weight is 529 g/mol. The van der Waals surface area contributed by atoms with Crippen LogP contribution < -0.4 is 20.5 Å². The van der Waals surface area contributed by atoms with Gasteiger partial charge in [-0.1, -0.05) is 18.9 Å². The Morgan fingerprint density at radius 2 is 1.87 bits per heavy atom. The molecule has 1 aliphatic rings. The second-order valence-corrected chi connectivity index (χ2v) is 9.21. The first-order valence-electron chi connectivity index (χ1n) is 12.3. The number of carbonyl (C=O) groups is 1. The summed E-state index contributed by atoms with van der Waals surface area (Å²) in [5.41, 5.74) is 9.85. The number of halogens is 3. The Balaban J connectivity index is 1.25. The molecule has 38 heavy (non-hydrogen) atoms. The van der Waals surface area contributed by atoms with E-state index in [0.29, 0.717) is 35.7 Å². The van der Waals surface area contributed by atoms with Crippen LogP contribution in [0.5, 0.6) is 11.5 Å². The van der Waals surface area contributed by atoms with Crippen LogP contribution in [0.1, 0.15) is 47.3 Å². The number of hydrogen-bond donors (Lipinski definition) is 3. The normalized spacial score (nSPS) is 14.2. The topological polar surface area (TPSA) is 120 Å². The zero-order valence-electron chi connectivity index (χ0n) is 20.4. The monoisotopic (exact) mass is 528 g/mol. The molecule has 0 unspecified atom stereocenters. The fourth-order valence-corrected chi connectivity index (χ4v) is 4.70. The second-order valence-electron chi connectivity index (χ2n) is 9.21. The molecule has 0 saturated heterocycles. The fraction of sp³-hybridized carbons (Fsp3) is 0.346. The molecule has 0 aliphatic heterocycles. The van der Waals surface area contributed by atoms with Crippen LogP contribution in [0.15, 0.2) is 48.7 Å². The van der Waals surface area contributed by atoms with Gasteiger partial charge in [0.1, 0.15) is 18.1 Å². The van der Waals surface area contributed by atoms with E-state index in [1.165, 1.54) is 24.3 Å². The van der Waals surface area contributed by atoms with E-state index < -0.39 is 6.36 Å². The number of fused-ring (bicyclic) bond motifs is 1. The maximum atomic E-state index is 12.8. The minimum absolute atomic E-state index is 0.119. The van der Waals surface area contributed by atoms with E-state index in [1.54, 1.807) is 10.8 Å². The molecule has 9 nitrogen and oxygen atoms in total. The van der Waals surface area contributed by atoms with Crippen LogP contribution in [0.2, 0.25) is 0 Å². The first-order chi connectivity index (χ1) is 18.2. The van der Waals surface area contributed by atoms with Crippen LogP contribution >= 0.6 is 0 Å². The Hall–Kier alpha value is -4.22. The number of carbonyl (C=O) groups excluding carboxylic acids is 1. The van der Waals surface area contributed by atoms with Crippen molar-refractivity contribution in [3.8, 4) is 11.5 Å². The summed E-state index contributed by atoms with van der Waals surface area (Å²) in [7, 11) is 0. The van der Waals surface area contributed by atoms with Gasteiger partial charge < -0.3 is 25.1 Å². The van der Waals surface area contributed by atoms with Crippen LogP contribution in [0.3, 0.4) is 0 Å². The summed E-state index contributed by atoms with van der Waals surface area (Å²) in [5, 5.41) is 10.1. The molecule has 5 rings (SSSR count). The minimum atomic E-state index is -4.75. The van der Waals surface area contributed by atoms with E-state index in [2.05, 4.69) is 25.2 Å². The highest BCUT2D eigenvalue weighted by Gasteiger charge is 2.31. The van der Waals surface area contributed by atoms with Gasteiger partial charge in [0, 0.05) is 12.5 Å². The molecule has 1 saturated carbocycles. The van der Waals surface area contributed by atoms with Crippen LogP contribution in [-0.4, -0.2) is 44.7 Å².